The third-order valence-corrected chi connectivity index (χ3v) is 3.48. The summed E-state index contributed by atoms with van der Waals surface area (Å²) in [4.78, 5) is 12.2. The number of rotatable bonds is 7. The second kappa shape index (κ2) is 6.43. The third-order valence-electron chi connectivity index (χ3n) is 3.48. The Bertz CT molecular complexity index is 516. The smallest absolute Gasteiger partial charge is 0.329 e. The van der Waals surface area contributed by atoms with Crippen molar-refractivity contribution in [2.24, 2.45) is 0 Å². The molecule has 116 valence electrons. The van der Waals surface area contributed by atoms with Crippen molar-refractivity contribution in [3.63, 3.8) is 0 Å². The molecule has 1 atom stereocenters. The van der Waals surface area contributed by atoms with Crippen molar-refractivity contribution in [3.8, 4) is 5.75 Å². The number of carbonyl (C=O) groups excluding carboxylic acids is 1. The van der Waals surface area contributed by atoms with Crippen molar-refractivity contribution >= 4 is 5.97 Å². The molecule has 0 radical (unpaired) electrons. The summed E-state index contributed by atoms with van der Waals surface area (Å²) < 4.78 is 23.9. The van der Waals surface area contributed by atoms with Gasteiger partial charge >= 0.3 is 5.97 Å². The first-order valence-electron chi connectivity index (χ1n) is 7.28. The zero-order valence-electron chi connectivity index (χ0n) is 12.7. The Morgan fingerprint density at radius 2 is 2.19 bits per heavy atom. The molecule has 0 saturated heterocycles. The first-order valence-corrected chi connectivity index (χ1v) is 7.28. The molecule has 2 rings (SSSR count). The van der Waals surface area contributed by atoms with Gasteiger partial charge in [0.2, 0.25) is 0 Å². The van der Waals surface area contributed by atoms with Crippen LogP contribution in [0.4, 0.5) is 4.39 Å². The summed E-state index contributed by atoms with van der Waals surface area (Å²) in [6.07, 6.45) is 2.12. The summed E-state index contributed by atoms with van der Waals surface area (Å²) in [7, 11) is 0. The Morgan fingerprint density at radius 3 is 2.76 bits per heavy atom. The summed E-state index contributed by atoms with van der Waals surface area (Å²) >= 11 is 0. The van der Waals surface area contributed by atoms with Crippen LogP contribution in [-0.2, 0) is 9.53 Å². The van der Waals surface area contributed by atoms with E-state index in [0.717, 1.165) is 12.8 Å². The minimum Gasteiger partial charge on any atom is -0.491 e. The van der Waals surface area contributed by atoms with Gasteiger partial charge in [0.15, 0.2) is 0 Å². The van der Waals surface area contributed by atoms with Gasteiger partial charge in [-0.15, -0.1) is 0 Å². The fraction of sp³-hybridized carbons (Fsp3) is 0.562. The maximum absolute atomic E-state index is 13.1. The number of halogens is 1. The van der Waals surface area contributed by atoms with Gasteiger partial charge in [-0.1, -0.05) is 0 Å². The first-order chi connectivity index (χ1) is 9.94. The zero-order valence-corrected chi connectivity index (χ0v) is 12.7. The molecule has 0 amide bonds. The molecule has 21 heavy (non-hydrogen) atoms. The van der Waals surface area contributed by atoms with E-state index in [-0.39, 0.29) is 18.4 Å². The van der Waals surface area contributed by atoms with Crippen LogP contribution >= 0.6 is 0 Å². The minimum atomic E-state index is -0.891. The Labute approximate surface area is 124 Å². The Morgan fingerprint density at radius 1 is 1.48 bits per heavy atom. The van der Waals surface area contributed by atoms with Crippen molar-refractivity contribution < 1.29 is 18.7 Å². The molecule has 1 aliphatic carbocycles. The van der Waals surface area contributed by atoms with Crippen LogP contribution in [0.3, 0.4) is 0 Å². The predicted molar refractivity (Wildman–Crippen MR) is 77.8 cm³/mol. The Balaban J connectivity index is 2.05. The molecule has 0 aromatic heterocycles. The number of hydrogen-bond acceptors (Lipinski definition) is 4. The van der Waals surface area contributed by atoms with Crippen molar-refractivity contribution in [1.29, 1.82) is 0 Å². The lowest BCUT2D eigenvalue weighted by atomic mass is 10.0. The molecular weight excluding hydrogens is 273 g/mol. The molecule has 1 saturated carbocycles. The summed E-state index contributed by atoms with van der Waals surface area (Å²) in [5.74, 6) is -0.0507. The molecule has 4 nitrogen and oxygen atoms in total. The summed E-state index contributed by atoms with van der Waals surface area (Å²) in [5, 5.41) is 3.28. The van der Waals surface area contributed by atoms with Crippen molar-refractivity contribution in [2.75, 3.05) is 13.2 Å². The fourth-order valence-corrected chi connectivity index (χ4v) is 2.12. The van der Waals surface area contributed by atoms with E-state index in [4.69, 9.17) is 9.47 Å². The van der Waals surface area contributed by atoms with Crippen LogP contribution in [-0.4, -0.2) is 30.8 Å². The van der Waals surface area contributed by atoms with E-state index in [2.05, 4.69) is 5.32 Å². The first kappa shape index (κ1) is 15.8. The van der Waals surface area contributed by atoms with Crippen LogP contribution in [0.5, 0.6) is 5.75 Å². The molecule has 1 fully saturated rings. The van der Waals surface area contributed by atoms with E-state index in [0.29, 0.717) is 24.0 Å². The van der Waals surface area contributed by atoms with Gasteiger partial charge in [-0.3, -0.25) is 5.32 Å². The number of nitrogens with one attached hydrogen (secondary N) is 1. The third kappa shape index (κ3) is 4.17. The van der Waals surface area contributed by atoms with Gasteiger partial charge in [-0.05, 0) is 57.4 Å². The van der Waals surface area contributed by atoms with Crippen molar-refractivity contribution in [2.45, 2.75) is 45.2 Å². The largest absolute Gasteiger partial charge is 0.491 e. The predicted octanol–water partition coefficient (Wildman–Crippen LogP) is 2.59. The molecule has 1 aromatic rings. The topological polar surface area (TPSA) is 47.6 Å². The molecule has 1 N–H and O–H groups in total. The highest BCUT2D eigenvalue weighted by molar-refractivity contribution is 5.80. The number of hydrogen-bond donors (Lipinski definition) is 1. The van der Waals surface area contributed by atoms with E-state index in [1.54, 1.807) is 26.8 Å². The molecule has 0 heterocycles. The monoisotopic (exact) mass is 295 g/mol. The highest BCUT2D eigenvalue weighted by atomic mass is 19.1. The maximum Gasteiger partial charge on any atom is 0.329 e. The van der Waals surface area contributed by atoms with Crippen molar-refractivity contribution in [1.82, 2.24) is 5.32 Å². The molecule has 1 aromatic carbocycles. The SMILES string of the molecule is CCOC(=O)C(C)(COc1ccc(F)cc1C)NC1CC1. The molecular formula is C16H22FNO3. The lowest BCUT2D eigenvalue weighted by molar-refractivity contribution is -0.152. The number of aryl methyl sites for hydroxylation is 1. The van der Waals surface area contributed by atoms with Crippen LogP contribution in [0.25, 0.3) is 0 Å². The van der Waals surface area contributed by atoms with Crippen LogP contribution in [0.1, 0.15) is 32.3 Å². The van der Waals surface area contributed by atoms with E-state index >= 15 is 0 Å². The second-order valence-corrected chi connectivity index (χ2v) is 5.67. The fourth-order valence-electron chi connectivity index (χ4n) is 2.12. The van der Waals surface area contributed by atoms with Crippen LogP contribution < -0.4 is 10.1 Å². The van der Waals surface area contributed by atoms with E-state index in [9.17, 15) is 9.18 Å². The number of ether oxygens (including phenoxy) is 2. The number of benzene rings is 1. The van der Waals surface area contributed by atoms with E-state index in [1.165, 1.54) is 12.1 Å². The lowest BCUT2D eigenvalue weighted by Gasteiger charge is -2.28. The van der Waals surface area contributed by atoms with E-state index in [1.807, 2.05) is 0 Å². The number of carbonyl (C=O) groups is 1. The second-order valence-electron chi connectivity index (χ2n) is 5.67. The average Bonchev–Trinajstić information content (AvgIpc) is 3.22. The van der Waals surface area contributed by atoms with Gasteiger partial charge < -0.3 is 9.47 Å². The zero-order chi connectivity index (χ0) is 15.5. The molecule has 1 unspecified atom stereocenters. The molecule has 5 heteroatoms. The lowest BCUT2D eigenvalue weighted by Crippen LogP contribution is -2.55. The van der Waals surface area contributed by atoms with Gasteiger partial charge in [0.05, 0.1) is 6.61 Å². The average molecular weight is 295 g/mol. The minimum absolute atomic E-state index is 0.148. The van der Waals surface area contributed by atoms with Gasteiger partial charge in [-0.2, -0.15) is 0 Å². The molecule has 0 aliphatic heterocycles. The van der Waals surface area contributed by atoms with Gasteiger partial charge in [-0.25, -0.2) is 9.18 Å². The van der Waals surface area contributed by atoms with Crippen LogP contribution in [0, 0.1) is 12.7 Å². The van der Waals surface area contributed by atoms with Crippen molar-refractivity contribution in [3.05, 3.63) is 29.6 Å². The highest BCUT2D eigenvalue weighted by Crippen LogP contribution is 2.25. The quantitative estimate of drug-likeness (QED) is 0.786. The summed E-state index contributed by atoms with van der Waals surface area (Å²) in [6.45, 7) is 5.81. The Kier molecular flexibility index (Phi) is 4.83. The van der Waals surface area contributed by atoms with Crippen LogP contribution in [0.15, 0.2) is 18.2 Å². The standard InChI is InChI=1S/C16H22FNO3/c1-4-20-15(19)16(3,18-13-6-7-13)10-21-14-8-5-12(17)9-11(14)2/h5,8-9,13,18H,4,6-7,10H2,1-3H3. The van der Waals surface area contributed by atoms with E-state index < -0.39 is 5.54 Å². The highest BCUT2D eigenvalue weighted by Gasteiger charge is 2.40. The summed E-state index contributed by atoms with van der Waals surface area (Å²) in [6, 6.07) is 4.68. The summed E-state index contributed by atoms with van der Waals surface area (Å²) in [5.41, 5.74) is -0.189. The van der Waals surface area contributed by atoms with Gasteiger partial charge in [0.25, 0.3) is 0 Å². The van der Waals surface area contributed by atoms with Gasteiger partial charge in [0.1, 0.15) is 23.7 Å². The molecule has 0 spiro atoms. The normalized spacial score (nSPS) is 17.1. The number of esters is 1. The molecule has 0 bridgehead atoms. The maximum atomic E-state index is 13.1. The Hall–Kier alpha value is -1.62. The van der Waals surface area contributed by atoms with Crippen LogP contribution in [0.2, 0.25) is 0 Å². The molecule has 1 aliphatic rings. The van der Waals surface area contributed by atoms with Gasteiger partial charge in [0, 0.05) is 6.04 Å².